The lowest BCUT2D eigenvalue weighted by molar-refractivity contribution is -0.139. The molecule has 1 unspecified atom stereocenters. The van der Waals surface area contributed by atoms with Crippen molar-refractivity contribution in [2.75, 3.05) is 6.61 Å². The number of rotatable bonds is 6. The van der Waals surface area contributed by atoms with Crippen LogP contribution in [-0.4, -0.2) is 27.3 Å². The Bertz CT molecular complexity index is 1500. The number of carbonyl (C=O) groups is 1. The van der Waals surface area contributed by atoms with Crippen LogP contribution in [-0.2, 0) is 16.1 Å². The molecule has 1 aliphatic heterocycles. The van der Waals surface area contributed by atoms with Crippen LogP contribution < -0.4 is 10.3 Å². The number of carbonyl (C=O) groups excluding carboxylic acids is 1. The Morgan fingerprint density at radius 3 is 2.44 bits per heavy atom. The number of hydrogen-bond donors (Lipinski definition) is 0. The SMILES string of the molecule is CCOC(=O)C1=C(C)Oc2nc(C)n(Cc3cc(-c4ccccc4)no3)c(=O)c2C1c1ccccc1. The van der Waals surface area contributed by atoms with Crippen LogP contribution in [0.2, 0.25) is 0 Å². The molecule has 182 valence electrons. The van der Waals surface area contributed by atoms with Crippen LogP contribution in [0.5, 0.6) is 5.88 Å². The minimum absolute atomic E-state index is 0.129. The van der Waals surface area contributed by atoms with Gasteiger partial charge in [-0.25, -0.2) is 4.79 Å². The van der Waals surface area contributed by atoms with Gasteiger partial charge in [0.2, 0.25) is 5.88 Å². The Morgan fingerprint density at radius 1 is 1.06 bits per heavy atom. The van der Waals surface area contributed by atoms with Crippen molar-refractivity contribution in [3.63, 3.8) is 0 Å². The molecule has 8 nitrogen and oxygen atoms in total. The Morgan fingerprint density at radius 2 is 1.75 bits per heavy atom. The summed E-state index contributed by atoms with van der Waals surface area (Å²) in [4.78, 5) is 31.5. The standard InChI is InChI=1S/C28H25N3O5/c1-4-34-28(33)23-17(2)35-26-25(24(23)20-13-9-6-10-14-20)27(32)31(18(3)29-26)16-21-15-22(30-36-21)19-11-7-5-8-12-19/h5-15,24H,4,16H2,1-3H3. The quantitative estimate of drug-likeness (QED) is 0.369. The molecule has 4 aromatic rings. The van der Waals surface area contributed by atoms with Crippen LogP contribution in [0.1, 0.15) is 42.5 Å². The van der Waals surface area contributed by atoms with Gasteiger partial charge in [0.05, 0.1) is 30.2 Å². The van der Waals surface area contributed by atoms with Crippen LogP contribution in [0, 0.1) is 6.92 Å². The molecular formula is C28H25N3O5. The molecule has 5 rings (SSSR count). The highest BCUT2D eigenvalue weighted by atomic mass is 16.5. The van der Waals surface area contributed by atoms with E-state index in [9.17, 15) is 9.59 Å². The van der Waals surface area contributed by atoms with Gasteiger partial charge in [0.15, 0.2) is 5.76 Å². The van der Waals surface area contributed by atoms with E-state index < -0.39 is 11.9 Å². The first kappa shape index (κ1) is 23.3. The molecule has 2 aromatic heterocycles. The van der Waals surface area contributed by atoms with E-state index in [1.165, 1.54) is 4.57 Å². The summed E-state index contributed by atoms with van der Waals surface area (Å²) in [6, 6.07) is 20.8. The zero-order valence-electron chi connectivity index (χ0n) is 20.2. The van der Waals surface area contributed by atoms with Gasteiger partial charge in [-0.3, -0.25) is 9.36 Å². The fraction of sp³-hybridized carbons (Fsp3) is 0.214. The summed E-state index contributed by atoms with van der Waals surface area (Å²) in [5, 5.41) is 4.15. The molecule has 0 saturated carbocycles. The lowest BCUT2D eigenvalue weighted by atomic mass is 9.83. The molecule has 1 atom stereocenters. The van der Waals surface area contributed by atoms with E-state index in [-0.39, 0.29) is 35.7 Å². The lowest BCUT2D eigenvalue weighted by Gasteiger charge is -2.28. The maximum atomic E-state index is 13.9. The van der Waals surface area contributed by atoms with Crippen LogP contribution in [0.3, 0.4) is 0 Å². The van der Waals surface area contributed by atoms with Crippen molar-refractivity contribution in [3.05, 3.63) is 111 Å². The largest absolute Gasteiger partial charge is 0.463 e. The number of fused-ring (bicyclic) bond motifs is 1. The van der Waals surface area contributed by atoms with Crippen molar-refractivity contribution < 1.29 is 18.8 Å². The molecular weight excluding hydrogens is 458 g/mol. The molecule has 8 heteroatoms. The Labute approximate surface area is 207 Å². The summed E-state index contributed by atoms with van der Waals surface area (Å²) in [6.45, 7) is 5.49. The summed E-state index contributed by atoms with van der Waals surface area (Å²) >= 11 is 0. The van der Waals surface area contributed by atoms with Crippen molar-refractivity contribution in [1.29, 1.82) is 0 Å². The molecule has 0 radical (unpaired) electrons. The van der Waals surface area contributed by atoms with E-state index in [4.69, 9.17) is 14.0 Å². The van der Waals surface area contributed by atoms with E-state index in [1.54, 1.807) is 26.8 Å². The molecule has 0 saturated heterocycles. The van der Waals surface area contributed by atoms with E-state index in [2.05, 4.69) is 10.1 Å². The molecule has 0 spiro atoms. The Hall–Kier alpha value is -4.46. The highest BCUT2D eigenvalue weighted by Gasteiger charge is 2.38. The maximum Gasteiger partial charge on any atom is 0.338 e. The van der Waals surface area contributed by atoms with Crippen molar-refractivity contribution in [1.82, 2.24) is 14.7 Å². The minimum atomic E-state index is -0.685. The number of esters is 1. The van der Waals surface area contributed by atoms with Gasteiger partial charge in [0, 0.05) is 11.6 Å². The number of allylic oxidation sites excluding steroid dienone is 1. The first-order chi connectivity index (χ1) is 17.5. The third-order valence-corrected chi connectivity index (χ3v) is 6.14. The molecule has 2 aromatic carbocycles. The fourth-order valence-corrected chi connectivity index (χ4v) is 4.45. The number of aromatic nitrogens is 3. The molecule has 0 fully saturated rings. The molecule has 3 heterocycles. The van der Waals surface area contributed by atoms with Crippen LogP contribution in [0.15, 0.2) is 87.4 Å². The summed E-state index contributed by atoms with van der Waals surface area (Å²) < 4.78 is 18.3. The van der Waals surface area contributed by atoms with E-state index in [1.807, 2.05) is 60.7 Å². The highest BCUT2D eigenvalue weighted by Crippen LogP contribution is 2.41. The molecule has 0 aliphatic carbocycles. The van der Waals surface area contributed by atoms with Gasteiger partial charge in [-0.1, -0.05) is 65.8 Å². The average Bonchev–Trinajstić information content (AvgIpc) is 3.36. The minimum Gasteiger partial charge on any atom is -0.463 e. The van der Waals surface area contributed by atoms with Gasteiger partial charge in [-0.05, 0) is 26.3 Å². The van der Waals surface area contributed by atoms with Gasteiger partial charge in [-0.2, -0.15) is 4.98 Å². The van der Waals surface area contributed by atoms with E-state index >= 15 is 0 Å². The van der Waals surface area contributed by atoms with Gasteiger partial charge >= 0.3 is 5.97 Å². The van der Waals surface area contributed by atoms with Gasteiger partial charge in [0.1, 0.15) is 17.3 Å². The molecule has 36 heavy (non-hydrogen) atoms. The monoisotopic (exact) mass is 483 g/mol. The second kappa shape index (κ2) is 9.65. The molecule has 0 bridgehead atoms. The van der Waals surface area contributed by atoms with E-state index in [0.717, 1.165) is 11.1 Å². The van der Waals surface area contributed by atoms with Gasteiger partial charge < -0.3 is 14.0 Å². The molecule has 0 N–H and O–H groups in total. The number of benzene rings is 2. The number of hydrogen-bond acceptors (Lipinski definition) is 7. The molecule has 0 amide bonds. The summed E-state index contributed by atoms with van der Waals surface area (Å²) in [5.74, 6) is 0.304. The lowest BCUT2D eigenvalue weighted by Crippen LogP contribution is -2.34. The molecule has 1 aliphatic rings. The van der Waals surface area contributed by atoms with Crippen molar-refractivity contribution in [3.8, 4) is 17.1 Å². The maximum absolute atomic E-state index is 13.9. The Balaban J connectivity index is 1.61. The topological polar surface area (TPSA) is 96.5 Å². The van der Waals surface area contributed by atoms with Crippen LogP contribution >= 0.6 is 0 Å². The number of aryl methyl sites for hydroxylation is 1. The predicted octanol–water partition coefficient (Wildman–Crippen LogP) is 4.62. The number of ether oxygens (including phenoxy) is 2. The fourth-order valence-electron chi connectivity index (χ4n) is 4.45. The number of nitrogens with zero attached hydrogens (tertiary/aromatic N) is 3. The zero-order valence-corrected chi connectivity index (χ0v) is 20.2. The summed E-state index contributed by atoms with van der Waals surface area (Å²) in [6.07, 6.45) is 0. The smallest absolute Gasteiger partial charge is 0.338 e. The first-order valence-electron chi connectivity index (χ1n) is 11.7. The van der Waals surface area contributed by atoms with Crippen molar-refractivity contribution >= 4 is 5.97 Å². The second-order valence-electron chi connectivity index (χ2n) is 8.45. The summed E-state index contributed by atoms with van der Waals surface area (Å²) in [7, 11) is 0. The van der Waals surface area contributed by atoms with E-state index in [0.29, 0.717) is 23.0 Å². The zero-order chi connectivity index (χ0) is 25.2. The first-order valence-corrected chi connectivity index (χ1v) is 11.7. The van der Waals surface area contributed by atoms with Gasteiger partial charge in [-0.15, -0.1) is 0 Å². The van der Waals surface area contributed by atoms with Crippen molar-refractivity contribution in [2.45, 2.75) is 33.2 Å². The third-order valence-electron chi connectivity index (χ3n) is 6.14. The van der Waals surface area contributed by atoms with Gasteiger partial charge in [0.25, 0.3) is 5.56 Å². The van der Waals surface area contributed by atoms with Crippen LogP contribution in [0.4, 0.5) is 0 Å². The van der Waals surface area contributed by atoms with Crippen molar-refractivity contribution in [2.24, 2.45) is 0 Å². The third kappa shape index (κ3) is 4.22. The predicted molar refractivity (Wildman–Crippen MR) is 133 cm³/mol. The highest BCUT2D eigenvalue weighted by molar-refractivity contribution is 5.92. The normalized spacial score (nSPS) is 14.8. The second-order valence-corrected chi connectivity index (χ2v) is 8.45. The average molecular weight is 484 g/mol. The summed E-state index contributed by atoms with van der Waals surface area (Å²) in [5.41, 5.74) is 2.61. The van der Waals surface area contributed by atoms with Crippen LogP contribution in [0.25, 0.3) is 11.3 Å². The Kier molecular flexibility index (Phi) is 6.25.